The highest BCUT2D eigenvalue weighted by molar-refractivity contribution is 7.46. The van der Waals surface area contributed by atoms with E-state index in [9.17, 15) is 18.1 Å². The maximum atomic E-state index is 12.8. The van der Waals surface area contributed by atoms with Crippen LogP contribution in [0.25, 0.3) is 0 Å². The van der Waals surface area contributed by atoms with Crippen LogP contribution < -0.4 is 0 Å². The molecule has 0 fully saturated rings. The number of Topliss-reactive ketones (excluding diaryl/α,β-unsaturated/α-hetero) is 1. The zero-order valence-corrected chi connectivity index (χ0v) is 8.50. The Bertz CT molecular complexity index is 259. The van der Waals surface area contributed by atoms with Crippen molar-refractivity contribution in [3.63, 3.8) is 0 Å². The van der Waals surface area contributed by atoms with Crippen molar-refractivity contribution in [1.29, 1.82) is 0 Å². The minimum absolute atomic E-state index is 1.12. The number of alkyl halides is 2. The smallest absolute Gasteiger partial charge is 0.303 e. The molecule has 14 heavy (non-hydrogen) atoms. The molecule has 0 aliphatic heterocycles. The number of carbonyl (C=O) groups is 1. The third kappa shape index (κ3) is 4.23. The van der Waals surface area contributed by atoms with Gasteiger partial charge in [-0.05, 0) is 0 Å². The van der Waals surface area contributed by atoms with Crippen LogP contribution in [0.4, 0.5) is 8.78 Å². The van der Waals surface area contributed by atoms with Crippen molar-refractivity contribution in [1.82, 2.24) is 0 Å². The summed E-state index contributed by atoms with van der Waals surface area (Å²) >= 11 is 0. The molecule has 0 saturated heterocycles. The second-order valence-electron chi connectivity index (χ2n) is 2.96. The molecule has 0 heterocycles. The van der Waals surface area contributed by atoms with Gasteiger partial charge in [0.15, 0.2) is 0 Å². The van der Waals surface area contributed by atoms with Crippen molar-refractivity contribution >= 4 is 13.6 Å². The van der Waals surface area contributed by atoms with Gasteiger partial charge in [-0.3, -0.25) is 9.32 Å². The predicted molar refractivity (Wildman–Crippen MR) is 42.8 cm³/mol. The molecule has 8 heteroatoms. The van der Waals surface area contributed by atoms with E-state index in [-0.39, 0.29) is 0 Å². The topological polar surface area (TPSA) is 83.8 Å². The fourth-order valence-corrected chi connectivity index (χ4v) is 0.846. The lowest BCUT2D eigenvalue weighted by Crippen LogP contribution is -2.36. The molecule has 0 amide bonds. The van der Waals surface area contributed by atoms with Crippen molar-refractivity contribution in [2.45, 2.75) is 19.8 Å². The maximum Gasteiger partial charge on any atom is 0.470 e. The quantitative estimate of drug-likeness (QED) is 0.689. The molecule has 0 aliphatic carbocycles. The number of rotatable bonds is 5. The zero-order valence-electron chi connectivity index (χ0n) is 7.61. The van der Waals surface area contributed by atoms with Gasteiger partial charge in [-0.25, -0.2) is 4.57 Å². The van der Waals surface area contributed by atoms with E-state index in [1.807, 2.05) is 0 Å². The monoisotopic (exact) mass is 232 g/mol. The van der Waals surface area contributed by atoms with Gasteiger partial charge in [0, 0.05) is 5.92 Å². The molecule has 0 radical (unpaired) electrons. The van der Waals surface area contributed by atoms with Crippen LogP contribution in [0.1, 0.15) is 13.8 Å². The van der Waals surface area contributed by atoms with Crippen LogP contribution in [0.15, 0.2) is 0 Å². The van der Waals surface area contributed by atoms with E-state index < -0.39 is 32.1 Å². The van der Waals surface area contributed by atoms with E-state index in [4.69, 9.17) is 9.79 Å². The third-order valence-corrected chi connectivity index (χ3v) is 1.93. The van der Waals surface area contributed by atoms with Crippen LogP contribution in [0.3, 0.4) is 0 Å². The molecule has 5 nitrogen and oxygen atoms in total. The Labute approximate surface area is 79.3 Å². The first-order valence-corrected chi connectivity index (χ1v) is 5.21. The number of phosphoric acid groups is 1. The Morgan fingerprint density at radius 1 is 1.50 bits per heavy atom. The van der Waals surface area contributed by atoms with Crippen molar-refractivity contribution < 1.29 is 32.5 Å². The molecular formula is C6H11F2O5P. The van der Waals surface area contributed by atoms with Gasteiger partial charge in [0.1, 0.15) is 6.61 Å². The highest BCUT2D eigenvalue weighted by atomic mass is 31.2. The predicted octanol–water partition coefficient (Wildman–Crippen LogP) is 0.956. The number of ketones is 1. The van der Waals surface area contributed by atoms with E-state index in [1.54, 1.807) is 0 Å². The second-order valence-corrected chi connectivity index (χ2v) is 4.20. The lowest BCUT2D eigenvalue weighted by Gasteiger charge is -2.18. The first kappa shape index (κ1) is 13.6. The van der Waals surface area contributed by atoms with Gasteiger partial charge in [0.2, 0.25) is 5.78 Å². The van der Waals surface area contributed by atoms with Crippen LogP contribution in [-0.2, 0) is 13.9 Å². The van der Waals surface area contributed by atoms with Crippen molar-refractivity contribution in [2.75, 3.05) is 6.61 Å². The van der Waals surface area contributed by atoms with Crippen molar-refractivity contribution in [2.24, 2.45) is 5.92 Å². The van der Waals surface area contributed by atoms with E-state index in [0.29, 0.717) is 0 Å². The Kier molecular flexibility index (Phi) is 4.33. The molecule has 0 aromatic heterocycles. The van der Waals surface area contributed by atoms with Gasteiger partial charge in [-0.1, -0.05) is 13.8 Å². The standard InChI is InChI=1S/C6H11F2O5P/c1-4(2)6(7,8)5(9)3-13-14(10,11)12/h4H,3H2,1-2H3,(H2,10,11,12). The highest BCUT2D eigenvalue weighted by Gasteiger charge is 2.42. The average Bonchev–Trinajstić information content (AvgIpc) is 1.98. The first-order valence-electron chi connectivity index (χ1n) is 3.68. The number of hydrogen-bond donors (Lipinski definition) is 2. The van der Waals surface area contributed by atoms with Gasteiger partial charge in [-0.2, -0.15) is 8.78 Å². The third-order valence-electron chi connectivity index (χ3n) is 1.46. The summed E-state index contributed by atoms with van der Waals surface area (Å²) in [7, 11) is -4.87. The summed E-state index contributed by atoms with van der Waals surface area (Å²) in [5.74, 6) is -6.51. The maximum absolute atomic E-state index is 12.8. The lowest BCUT2D eigenvalue weighted by atomic mass is 10.0. The van der Waals surface area contributed by atoms with E-state index in [2.05, 4.69) is 4.52 Å². The molecule has 0 bridgehead atoms. The van der Waals surface area contributed by atoms with Crippen LogP contribution >= 0.6 is 7.82 Å². The average molecular weight is 232 g/mol. The molecule has 0 aliphatic rings. The van der Waals surface area contributed by atoms with Crippen LogP contribution in [-0.4, -0.2) is 28.1 Å². The van der Waals surface area contributed by atoms with Gasteiger partial charge < -0.3 is 9.79 Å². The Morgan fingerprint density at radius 2 is 1.93 bits per heavy atom. The summed E-state index contributed by atoms with van der Waals surface area (Å²) in [4.78, 5) is 27.1. The molecule has 0 rings (SSSR count). The molecular weight excluding hydrogens is 221 g/mol. The molecule has 0 unspecified atom stereocenters. The largest absolute Gasteiger partial charge is 0.470 e. The number of hydrogen-bond acceptors (Lipinski definition) is 3. The lowest BCUT2D eigenvalue weighted by molar-refractivity contribution is -0.151. The van der Waals surface area contributed by atoms with E-state index in [0.717, 1.165) is 13.8 Å². The fourth-order valence-electron chi connectivity index (χ4n) is 0.561. The summed E-state index contributed by atoms with van der Waals surface area (Å²) in [5, 5.41) is 0. The zero-order chi connectivity index (χ0) is 11.6. The van der Waals surface area contributed by atoms with Gasteiger partial charge in [-0.15, -0.1) is 0 Å². The number of carbonyl (C=O) groups excluding carboxylic acids is 1. The molecule has 2 N–H and O–H groups in total. The van der Waals surface area contributed by atoms with Crippen molar-refractivity contribution in [3.8, 4) is 0 Å². The molecule has 84 valence electrons. The normalized spacial score (nSPS) is 13.4. The van der Waals surface area contributed by atoms with Gasteiger partial charge in [0.05, 0.1) is 0 Å². The molecule has 0 saturated carbocycles. The molecule has 0 atom stereocenters. The van der Waals surface area contributed by atoms with Crippen LogP contribution in [0.2, 0.25) is 0 Å². The summed E-state index contributed by atoms with van der Waals surface area (Å²) < 4.78 is 39.4. The van der Waals surface area contributed by atoms with E-state index in [1.165, 1.54) is 0 Å². The van der Waals surface area contributed by atoms with Gasteiger partial charge >= 0.3 is 13.7 Å². The molecule has 0 spiro atoms. The molecule has 0 aromatic carbocycles. The van der Waals surface area contributed by atoms with Crippen molar-refractivity contribution in [3.05, 3.63) is 0 Å². The second kappa shape index (κ2) is 4.44. The molecule has 0 aromatic rings. The Balaban J connectivity index is 4.30. The highest BCUT2D eigenvalue weighted by Crippen LogP contribution is 2.36. The summed E-state index contributed by atoms with van der Waals surface area (Å²) in [6.07, 6.45) is 0. The summed E-state index contributed by atoms with van der Waals surface area (Å²) in [6, 6.07) is 0. The minimum Gasteiger partial charge on any atom is -0.303 e. The fraction of sp³-hybridized carbons (Fsp3) is 0.833. The first-order chi connectivity index (χ1) is 6.07. The Hall–Kier alpha value is -0.360. The summed E-state index contributed by atoms with van der Waals surface area (Å²) in [5.41, 5.74) is 0. The van der Waals surface area contributed by atoms with Crippen LogP contribution in [0.5, 0.6) is 0 Å². The van der Waals surface area contributed by atoms with Crippen LogP contribution in [0, 0.1) is 5.92 Å². The summed E-state index contributed by atoms with van der Waals surface area (Å²) in [6.45, 7) is 0.945. The van der Waals surface area contributed by atoms with Gasteiger partial charge in [0.25, 0.3) is 0 Å². The Morgan fingerprint density at radius 3 is 2.21 bits per heavy atom. The van der Waals surface area contributed by atoms with E-state index >= 15 is 0 Å². The minimum atomic E-state index is -4.87. The number of halogens is 2. The number of phosphoric ester groups is 1. The SMILES string of the molecule is CC(C)C(F)(F)C(=O)COP(=O)(O)O.